The van der Waals surface area contributed by atoms with Gasteiger partial charge in [-0.05, 0) is 57.5 Å². The lowest BCUT2D eigenvalue weighted by atomic mass is 10.0. The smallest absolute Gasteiger partial charge is 0.355 e. The van der Waals surface area contributed by atoms with Gasteiger partial charge in [-0.2, -0.15) is 0 Å². The molecule has 0 N–H and O–H groups in total. The fourth-order valence-corrected chi connectivity index (χ4v) is 3.57. The first kappa shape index (κ1) is 23.1. The van der Waals surface area contributed by atoms with Gasteiger partial charge in [-0.1, -0.05) is 6.08 Å². The highest BCUT2D eigenvalue weighted by Crippen LogP contribution is 2.24. The van der Waals surface area contributed by atoms with Crippen LogP contribution in [0.1, 0.15) is 56.3 Å². The van der Waals surface area contributed by atoms with E-state index in [2.05, 4.69) is 6.58 Å². The molecular weight excluding hydrogens is 387 g/mol. The zero-order valence-corrected chi connectivity index (χ0v) is 17.8. The van der Waals surface area contributed by atoms with Crippen molar-refractivity contribution in [2.75, 3.05) is 19.7 Å². The molecule has 1 heterocycles. The van der Waals surface area contributed by atoms with Crippen LogP contribution in [0.4, 0.5) is 4.39 Å². The number of carbonyl (C=O) groups is 3. The van der Waals surface area contributed by atoms with Crippen molar-refractivity contribution in [1.82, 2.24) is 9.47 Å². The van der Waals surface area contributed by atoms with Gasteiger partial charge in [0.1, 0.15) is 11.5 Å². The van der Waals surface area contributed by atoms with E-state index in [1.54, 1.807) is 25.3 Å². The van der Waals surface area contributed by atoms with Crippen LogP contribution in [0.3, 0.4) is 0 Å². The number of carbonyl (C=O) groups excluding carboxylic acids is 3. The molecular formula is C23H27FN2O4. The van der Waals surface area contributed by atoms with Crippen LogP contribution >= 0.6 is 0 Å². The van der Waals surface area contributed by atoms with Crippen molar-refractivity contribution in [3.8, 4) is 0 Å². The standard InChI is InChI=1S/C23H27FN2O4/c1-6-13-25(22(28)17-9-11-18(24)12-10-17)14-19(27)20-15(4)21(23(29)30-8-3)26(7-2)16(20)5/h6,9-12H,1,7-8,13-14H2,2-5H3. The SMILES string of the molecule is C=CCN(CC(=O)c1c(C)c(C(=O)OCC)n(CC)c1C)C(=O)c1ccc(F)cc1. The Morgan fingerprint density at radius 1 is 1.17 bits per heavy atom. The number of nitrogens with zero attached hydrogens (tertiary/aromatic N) is 2. The molecule has 0 aliphatic heterocycles. The van der Waals surface area contributed by atoms with E-state index < -0.39 is 17.7 Å². The molecule has 1 amide bonds. The Morgan fingerprint density at radius 2 is 1.80 bits per heavy atom. The van der Waals surface area contributed by atoms with E-state index in [0.717, 1.165) is 0 Å². The Kier molecular flexibility index (Phi) is 7.69. The van der Waals surface area contributed by atoms with Crippen LogP contribution < -0.4 is 0 Å². The summed E-state index contributed by atoms with van der Waals surface area (Å²) in [6, 6.07) is 5.15. The minimum absolute atomic E-state index is 0.152. The molecule has 0 saturated carbocycles. The molecule has 2 rings (SSSR count). The molecule has 1 aromatic heterocycles. The van der Waals surface area contributed by atoms with Gasteiger partial charge in [0, 0.05) is 29.9 Å². The lowest BCUT2D eigenvalue weighted by Crippen LogP contribution is -2.36. The molecule has 0 atom stereocenters. The Hall–Kier alpha value is -3.22. The molecule has 160 valence electrons. The molecule has 1 aromatic carbocycles. The van der Waals surface area contributed by atoms with Crippen LogP contribution in [-0.2, 0) is 11.3 Å². The van der Waals surface area contributed by atoms with Gasteiger partial charge in [0.2, 0.25) is 0 Å². The van der Waals surface area contributed by atoms with E-state index >= 15 is 0 Å². The number of hydrogen-bond acceptors (Lipinski definition) is 4. The van der Waals surface area contributed by atoms with Crippen molar-refractivity contribution in [2.45, 2.75) is 34.2 Å². The van der Waals surface area contributed by atoms with Gasteiger partial charge in [0.05, 0.1) is 13.2 Å². The van der Waals surface area contributed by atoms with Crippen LogP contribution in [0.25, 0.3) is 0 Å². The largest absolute Gasteiger partial charge is 0.461 e. The second kappa shape index (κ2) is 10.0. The Morgan fingerprint density at radius 3 is 2.33 bits per heavy atom. The minimum Gasteiger partial charge on any atom is -0.461 e. The fourth-order valence-electron chi connectivity index (χ4n) is 3.57. The van der Waals surface area contributed by atoms with E-state index in [0.29, 0.717) is 29.1 Å². The monoisotopic (exact) mass is 414 g/mol. The summed E-state index contributed by atoms with van der Waals surface area (Å²) >= 11 is 0. The zero-order valence-electron chi connectivity index (χ0n) is 17.8. The van der Waals surface area contributed by atoms with Crippen LogP contribution in [0.15, 0.2) is 36.9 Å². The molecule has 0 fully saturated rings. The summed E-state index contributed by atoms with van der Waals surface area (Å²) in [5.74, 6) is -1.62. The molecule has 0 saturated heterocycles. The fraction of sp³-hybridized carbons (Fsp3) is 0.348. The maximum atomic E-state index is 13.2. The second-order valence-electron chi connectivity index (χ2n) is 6.80. The van der Waals surface area contributed by atoms with Crippen LogP contribution in [0, 0.1) is 19.7 Å². The highest BCUT2D eigenvalue weighted by atomic mass is 19.1. The number of halogens is 1. The molecule has 0 spiro atoms. The van der Waals surface area contributed by atoms with Gasteiger partial charge < -0.3 is 14.2 Å². The van der Waals surface area contributed by atoms with Crippen molar-refractivity contribution < 1.29 is 23.5 Å². The predicted molar refractivity (Wildman–Crippen MR) is 112 cm³/mol. The second-order valence-corrected chi connectivity index (χ2v) is 6.80. The Bertz CT molecular complexity index is 961. The number of hydrogen-bond donors (Lipinski definition) is 0. The first-order chi connectivity index (χ1) is 14.3. The van der Waals surface area contributed by atoms with E-state index in [9.17, 15) is 18.8 Å². The summed E-state index contributed by atoms with van der Waals surface area (Å²) in [5.41, 5.74) is 2.21. The number of esters is 1. The van der Waals surface area contributed by atoms with Crippen LogP contribution in [0.5, 0.6) is 0 Å². The Labute approximate surface area is 175 Å². The molecule has 0 bridgehead atoms. The molecule has 2 aromatic rings. The van der Waals surface area contributed by atoms with Crippen molar-refractivity contribution in [1.29, 1.82) is 0 Å². The number of amides is 1. The molecule has 6 nitrogen and oxygen atoms in total. The highest BCUT2D eigenvalue weighted by molar-refractivity contribution is 6.06. The topological polar surface area (TPSA) is 68.6 Å². The molecule has 0 aliphatic carbocycles. The van der Waals surface area contributed by atoms with E-state index in [1.165, 1.54) is 35.2 Å². The minimum atomic E-state index is -0.482. The summed E-state index contributed by atoms with van der Waals surface area (Å²) in [5, 5.41) is 0. The van der Waals surface area contributed by atoms with Gasteiger partial charge in [0.15, 0.2) is 5.78 Å². The molecule has 0 radical (unpaired) electrons. The number of aromatic nitrogens is 1. The average Bonchev–Trinajstić information content (AvgIpc) is 2.97. The third kappa shape index (κ3) is 4.67. The molecule has 30 heavy (non-hydrogen) atoms. The average molecular weight is 414 g/mol. The number of benzene rings is 1. The highest BCUT2D eigenvalue weighted by Gasteiger charge is 2.28. The lowest BCUT2D eigenvalue weighted by Gasteiger charge is -2.21. The first-order valence-electron chi connectivity index (χ1n) is 9.82. The van der Waals surface area contributed by atoms with Gasteiger partial charge in [-0.3, -0.25) is 9.59 Å². The summed E-state index contributed by atoms with van der Waals surface area (Å²) in [7, 11) is 0. The van der Waals surface area contributed by atoms with Gasteiger partial charge >= 0.3 is 5.97 Å². The molecule has 7 heteroatoms. The van der Waals surface area contributed by atoms with Crippen molar-refractivity contribution >= 4 is 17.7 Å². The number of ketones is 1. The van der Waals surface area contributed by atoms with Crippen molar-refractivity contribution in [3.63, 3.8) is 0 Å². The normalized spacial score (nSPS) is 10.6. The number of rotatable bonds is 9. The number of ether oxygens (including phenoxy) is 1. The van der Waals surface area contributed by atoms with Gasteiger partial charge in [-0.15, -0.1) is 6.58 Å². The van der Waals surface area contributed by atoms with Crippen molar-refractivity contribution in [3.05, 3.63) is 70.8 Å². The summed E-state index contributed by atoms with van der Waals surface area (Å²) < 4.78 is 20.1. The first-order valence-corrected chi connectivity index (χ1v) is 9.82. The van der Waals surface area contributed by atoms with E-state index in [-0.39, 0.29) is 31.0 Å². The van der Waals surface area contributed by atoms with Crippen LogP contribution in [0.2, 0.25) is 0 Å². The zero-order chi connectivity index (χ0) is 22.4. The van der Waals surface area contributed by atoms with Crippen LogP contribution in [-0.4, -0.2) is 46.8 Å². The van der Waals surface area contributed by atoms with Gasteiger partial charge in [-0.25, -0.2) is 9.18 Å². The van der Waals surface area contributed by atoms with Crippen molar-refractivity contribution in [2.24, 2.45) is 0 Å². The van der Waals surface area contributed by atoms with E-state index in [4.69, 9.17) is 4.74 Å². The third-order valence-electron chi connectivity index (χ3n) is 4.89. The van der Waals surface area contributed by atoms with Gasteiger partial charge in [0.25, 0.3) is 5.91 Å². The molecule has 0 unspecified atom stereocenters. The third-order valence-corrected chi connectivity index (χ3v) is 4.89. The summed E-state index contributed by atoms with van der Waals surface area (Å²) in [6.07, 6.45) is 1.52. The summed E-state index contributed by atoms with van der Waals surface area (Å²) in [6.45, 7) is 11.4. The lowest BCUT2D eigenvalue weighted by molar-refractivity contribution is 0.0512. The maximum absolute atomic E-state index is 13.2. The predicted octanol–water partition coefficient (Wildman–Crippen LogP) is 3.95. The molecule has 0 aliphatic rings. The quantitative estimate of drug-likeness (QED) is 0.354. The maximum Gasteiger partial charge on any atom is 0.355 e. The summed E-state index contributed by atoms with van der Waals surface area (Å²) in [4.78, 5) is 39.8. The Balaban J connectivity index is 2.38. The van der Waals surface area contributed by atoms with E-state index in [1.807, 2.05) is 6.92 Å². The number of Topliss-reactive ketones (excluding diaryl/α,β-unsaturated/α-hetero) is 1.